The predicted molar refractivity (Wildman–Crippen MR) is 105 cm³/mol. The maximum absolute atomic E-state index is 7.69. The summed E-state index contributed by atoms with van der Waals surface area (Å²) in [5.74, 6) is 0. The average Bonchev–Trinajstić information content (AvgIpc) is 2.55. The number of aliphatic hydroxyl groups is 1. The molecule has 0 saturated carbocycles. The number of allylic oxidation sites excluding steroid dienone is 1. The van der Waals surface area contributed by atoms with Crippen molar-refractivity contribution in [1.29, 1.82) is 0 Å². The fourth-order valence-electron chi connectivity index (χ4n) is 2.67. The van der Waals surface area contributed by atoms with Crippen LogP contribution in [-0.4, -0.2) is 25.7 Å². The Hall–Kier alpha value is -0.210. The van der Waals surface area contributed by atoms with Gasteiger partial charge in [0.25, 0.3) is 0 Å². The zero-order chi connectivity index (χ0) is 17.6. The summed E-state index contributed by atoms with van der Waals surface area (Å²) in [7, 11) is 4.50. The summed E-state index contributed by atoms with van der Waals surface area (Å²) in [5.41, 5.74) is 0. The first-order valence-electron chi connectivity index (χ1n) is 10.2. The van der Waals surface area contributed by atoms with E-state index in [1.807, 2.05) is 0 Å². The third kappa shape index (κ3) is 33.4. The van der Waals surface area contributed by atoms with Gasteiger partial charge in [0.2, 0.25) is 0 Å². The highest BCUT2D eigenvalue weighted by Crippen LogP contribution is 2.12. The zero-order valence-corrected chi connectivity index (χ0v) is 17.8. The smallest absolute Gasteiger partial charge is 0.0766 e. The van der Waals surface area contributed by atoms with Crippen molar-refractivity contribution in [3.05, 3.63) is 12.3 Å². The van der Waals surface area contributed by atoms with Crippen molar-refractivity contribution in [3.8, 4) is 0 Å². The summed E-state index contributed by atoms with van der Waals surface area (Å²) in [5, 5.41) is 7.69. The standard InChI is InChI=1S/C18H39N.C3H6O.ClH/c1-4-5-6-7-8-9-10-11-12-13-14-15-16-17-18-19(2)3;1-2-3-4;/h4-18H2,1-3H3;2-4H,1H3;1H. The van der Waals surface area contributed by atoms with Gasteiger partial charge < -0.3 is 22.4 Å². The summed E-state index contributed by atoms with van der Waals surface area (Å²) < 4.78 is 0. The average molecular weight is 364 g/mol. The number of nitrogens with one attached hydrogen (secondary N) is 1. The van der Waals surface area contributed by atoms with Crippen molar-refractivity contribution in [2.45, 2.75) is 104 Å². The molecule has 0 saturated heterocycles. The lowest BCUT2D eigenvalue weighted by atomic mass is 10.0. The highest BCUT2D eigenvalue weighted by atomic mass is 35.5. The van der Waals surface area contributed by atoms with E-state index in [2.05, 4.69) is 21.0 Å². The molecule has 0 aromatic carbocycles. The van der Waals surface area contributed by atoms with Crippen LogP contribution in [0, 0.1) is 0 Å². The van der Waals surface area contributed by atoms with Crippen LogP contribution in [0.5, 0.6) is 0 Å². The van der Waals surface area contributed by atoms with Crippen molar-refractivity contribution in [3.63, 3.8) is 0 Å². The molecule has 0 aromatic heterocycles. The number of unbranched alkanes of at least 4 members (excludes halogenated alkanes) is 13. The van der Waals surface area contributed by atoms with Gasteiger partial charge >= 0.3 is 0 Å². The predicted octanol–water partition coefficient (Wildman–Crippen LogP) is 2.69. The highest BCUT2D eigenvalue weighted by Gasteiger charge is 1.95. The van der Waals surface area contributed by atoms with E-state index in [1.54, 1.807) is 17.9 Å². The highest BCUT2D eigenvalue weighted by molar-refractivity contribution is 4.60. The minimum Gasteiger partial charge on any atom is -1.00 e. The van der Waals surface area contributed by atoms with Crippen molar-refractivity contribution >= 4 is 0 Å². The zero-order valence-electron chi connectivity index (χ0n) is 17.1. The van der Waals surface area contributed by atoms with Crippen LogP contribution in [0.15, 0.2) is 12.3 Å². The molecular weight excluding hydrogens is 318 g/mol. The molecule has 0 atom stereocenters. The molecule has 0 fully saturated rings. The van der Waals surface area contributed by atoms with Crippen LogP contribution in [0.1, 0.15) is 104 Å². The lowest BCUT2D eigenvalue weighted by molar-refractivity contribution is -0.858. The van der Waals surface area contributed by atoms with Gasteiger partial charge in [-0.25, -0.2) is 0 Å². The topological polar surface area (TPSA) is 24.7 Å². The van der Waals surface area contributed by atoms with E-state index in [9.17, 15) is 0 Å². The van der Waals surface area contributed by atoms with Crippen LogP contribution in [0.25, 0.3) is 0 Å². The third-order valence-electron chi connectivity index (χ3n) is 4.18. The second-order valence-corrected chi connectivity index (χ2v) is 7.04. The van der Waals surface area contributed by atoms with Crippen LogP contribution in [0.3, 0.4) is 0 Å². The molecule has 0 aliphatic heterocycles. The van der Waals surface area contributed by atoms with E-state index in [0.717, 1.165) is 6.26 Å². The van der Waals surface area contributed by atoms with E-state index < -0.39 is 0 Å². The molecule has 0 aliphatic carbocycles. The molecule has 0 bridgehead atoms. The molecule has 0 radical (unpaired) electrons. The van der Waals surface area contributed by atoms with Crippen molar-refractivity contribution < 1.29 is 22.4 Å². The van der Waals surface area contributed by atoms with Gasteiger partial charge in [0.15, 0.2) is 0 Å². The van der Waals surface area contributed by atoms with Gasteiger partial charge in [0.1, 0.15) is 0 Å². The first-order chi connectivity index (χ1) is 11.2. The lowest BCUT2D eigenvalue weighted by Crippen LogP contribution is -3.05. The fraction of sp³-hybridized carbons (Fsp3) is 0.905. The number of hydrogen-bond acceptors (Lipinski definition) is 1. The van der Waals surface area contributed by atoms with E-state index in [4.69, 9.17) is 5.11 Å². The Morgan fingerprint density at radius 1 is 0.667 bits per heavy atom. The van der Waals surface area contributed by atoms with Crippen LogP contribution >= 0.6 is 0 Å². The monoisotopic (exact) mass is 363 g/mol. The molecule has 2 N–H and O–H groups in total. The number of aliphatic hydroxyl groups excluding tert-OH is 1. The molecule has 3 heteroatoms. The summed E-state index contributed by atoms with van der Waals surface area (Å²) in [6.07, 6.45) is 23.0. The van der Waals surface area contributed by atoms with E-state index in [0.29, 0.717) is 0 Å². The molecule has 24 heavy (non-hydrogen) atoms. The normalized spacial score (nSPS) is 10.5. The molecule has 0 amide bonds. The molecule has 0 heterocycles. The Morgan fingerprint density at radius 3 is 1.21 bits per heavy atom. The van der Waals surface area contributed by atoms with Crippen LogP contribution < -0.4 is 17.3 Å². The second-order valence-electron chi connectivity index (χ2n) is 7.04. The van der Waals surface area contributed by atoms with Gasteiger partial charge in [-0.3, -0.25) is 0 Å². The van der Waals surface area contributed by atoms with Gasteiger partial charge in [-0.1, -0.05) is 90.0 Å². The van der Waals surface area contributed by atoms with Crippen LogP contribution in [0.4, 0.5) is 0 Å². The summed E-state index contributed by atoms with van der Waals surface area (Å²) in [6.45, 7) is 5.39. The number of halogens is 1. The Kier molecular flexibility index (Phi) is 32.9. The molecule has 148 valence electrons. The number of rotatable bonds is 15. The molecule has 0 rings (SSSR count). The fourth-order valence-corrected chi connectivity index (χ4v) is 2.67. The van der Waals surface area contributed by atoms with Gasteiger partial charge in [0, 0.05) is 0 Å². The number of hydrogen-bond donors (Lipinski definition) is 2. The Balaban J connectivity index is -0.000000787. The van der Waals surface area contributed by atoms with Gasteiger partial charge in [0.05, 0.1) is 26.9 Å². The molecule has 0 aliphatic rings. The molecule has 0 aromatic rings. The van der Waals surface area contributed by atoms with Crippen LogP contribution in [-0.2, 0) is 0 Å². The minimum atomic E-state index is 0. The Labute approximate surface area is 159 Å². The SMILES string of the molecule is CC=CO.CCCCCCCCCCCCCCCC[NH+](C)C.[Cl-]. The number of quaternary nitrogens is 1. The van der Waals surface area contributed by atoms with Gasteiger partial charge in [-0.05, 0) is 19.8 Å². The largest absolute Gasteiger partial charge is 1.00 e. The quantitative estimate of drug-likeness (QED) is 0.339. The Bertz CT molecular complexity index is 216. The maximum Gasteiger partial charge on any atom is 0.0766 e. The molecule has 2 nitrogen and oxygen atoms in total. The molecule has 0 unspecified atom stereocenters. The Morgan fingerprint density at radius 2 is 0.958 bits per heavy atom. The van der Waals surface area contributed by atoms with Gasteiger partial charge in [-0.2, -0.15) is 0 Å². The first kappa shape index (κ1) is 28.6. The summed E-state index contributed by atoms with van der Waals surface area (Å²) >= 11 is 0. The third-order valence-corrected chi connectivity index (χ3v) is 4.18. The molecule has 0 spiro atoms. The summed E-state index contributed by atoms with van der Waals surface area (Å²) in [6, 6.07) is 0. The minimum absolute atomic E-state index is 0. The van der Waals surface area contributed by atoms with Crippen LogP contribution in [0.2, 0.25) is 0 Å². The van der Waals surface area contributed by atoms with E-state index in [1.165, 1.54) is 96.4 Å². The van der Waals surface area contributed by atoms with Crippen molar-refractivity contribution in [2.24, 2.45) is 0 Å². The van der Waals surface area contributed by atoms with Crippen molar-refractivity contribution in [2.75, 3.05) is 20.6 Å². The summed E-state index contributed by atoms with van der Waals surface area (Å²) in [4.78, 5) is 1.60. The van der Waals surface area contributed by atoms with E-state index >= 15 is 0 Å². The molecular formula is C21H46ClNO. The van der Waals surface area contributed by atoms with E-state index in [-0.39, 0.29) is 12.4 Å². The second kappa shape index (κ2) is 27.6. The maximum atomic E-state index is 7.69. The lowest BCUT2D eigenvalue weighted by Gasteiger charge is -2.06. The first-order valence-corrected chi connectivity index (χ1v) is 10.2. The van der Waals surface area contributed by atoms with Crippen molar-refractivity contribution in [1.82, 2.24) is 0 Å². The van der Waals surface area contributed by atoms with Gasteiger partial charge in [-0.15, -0.1) is 0 Å².